The van der Waals surface area contributed by atoms with E-state index in [2.05, 4.69) is 5.32 Å². The van der Waals surface area contributed by atoms with Crippen LogP contribution in [0.3, 0.4) is 0 Å². The van der Waals surface area contributed by atoms with E-state index < -0.39 is 11.5 Å². The lowest BCUT2D eigenvalue weighted by atomic mass is 9.86. The minimum Gasteiger partial charge on any atom is -0.353 e. The lowest BCUT2D eigenvalue weighted by Crippen LogP contribution is -2.50. The maximum Gasteiger partial charge on any atom is 0.243 e. The molecule has 0 spiro atoms. The van der Waals surface area contributed by atoms with Gasteiger partial charge in [-0.1, -0.05) is 20.8 Å². The second kappa shape index (κ2) is 8.12. The highest BCUT2D eigenvalue weighted by molar-refractivity contribution is 5.93. The predicted octanol–water partition coefficient (Wildman–Crippen LogP) is 0.516. The molecule has 0 aliphatic carbocycles. The number of ketones is 1. The number of likely N-dealkylation sites (N-methyl/N-ethyl adjacent to an activating group) is 2. The Balaban J connectivity index is 4.86. The van der Waals surface area contributed by atoms with Gasteiger partial charge < -0.3 is 15.1 Å². The molecule has 0 bridgehead atoms. The van der Waals surface area contributed by atoms with Crippen LogP contribution in [0, 0.1) is 5.41 Å². The van der Waals surface area contributed by atoms with E-state index in [1.54, 1.807) is 7.05 Å². The van der Waals surface area contributed by atoms with Crippen molar-refractivity contribution in [2.45, 2.75) is 40.2 Å². The second-order valence-electron chi connectivity index (χ2n) is 6.62. The van der Waals surface area contributed by atoms with Crippen LogP contribution in [0.5, 0.6) is 0 Å². The molecule has 0 aromatic carbocycles. The zero-order chi connectivity index (χ0) is 16.8. The lowest BCUT2D eigenvalue weighted by molar-refractivity contribution is -0.140. The predicted molar refractivity (Wildman–Crippen MR) is 82.9 cm³/mol. The van der Waals surface area contributed by atoms with Gasteiger partial charge in [-0.05, 0) is 14.1 Å². The molecule has 0 aliphatic heterocycles. The minimum atomic E-state index is -0.753. The first-order valence-corrected chi connectivity index (χ1v) is 7.16. The van der Waals surface area contributed by atoms with Crippen molar-refractivity contribution >= 4 is 17.6 Å². The Bertz CT molecular complexity index is 386. The highest BCUT2D eigenvalue weighted by Gasteiger charge is 2.31. The maximum atomic E-state index is 12.3. The fourth-order valence-electron chi connectivity index (χ4n) is 1.63. The van der Waals surface area contributed by atoms with Gasteiger partial charge in [-0.15, -0.1) is 0 Å². The topological polar surface area (TPSA) is 69.7 Å². The highest BCUT2D eigenvalue weighted by Crippen LogP contribution is 2.19. The van der Waals surface area contributed by atoms with Crippen LogP contribution in [0.25, 0.3) is 0 Å². The summed E-state index contributed by atoms with van der Waals surface area (Å²) < 4.78 is 0. The Morgan fingerprint density at radius 1 is 1.10 bits per heavy atom. The Labute approximate surface area is 127 Å². The third-order valence-electron chi connectivity index (χ3n) is 3.34. The van der Waals surface area contributed by atoms with Crippen LogP contribution in [0.2, 0.25) is 0 Å². The number of nitrogens with zero attached hydrogens (tertiary/aromatic N) is 2. The third kappa shape index (κ3) is 7.22. The number of Topliss-reactive ketones (excluding diaryl/α,β-unsaturated/α-hetero) is 1. The van der Waals surface area contributed by atoms with E-state index >= 15 is 0 Å². The molecule has 0 rings (SSSR count). The van der Waals surface area contributed by atoms with Crippen LogP contribution in [-0.4, -0.2) is 67.7 Å². The largest absolute Gasteiger partial charge is 0.353 e. The summed E-state index contributed by atoms with van der Waals surface area (Å²) in [5.74, 6) is -0.556. The van der Waals surface area contributed by atoms with Crippen LogP contribution in [0.4, 0.5) is 0 Å². The number of rotatable bonds is 7. The van der Waals surface area contributed by atoms with Crippen molar-refractivity contribution in [3.05, 3.63) is 0 Å². The van der Waals surface area contributed by atoms with Gasteiger partial charge >= 0.3 is 0 Å². The Morgan fingerprint density at radius 3 is 2.00 bits per heavy atom. The van der Waals surface area contributed by atoms with Crippen LogP contribution in [0.1, 0.15) is 34.1 Å². The van der Waals surface area contributed by atoms with Crippen LogP contribution < -0.4 is 5.32 Å². The molecule has 1 atom stereocenters. The van der Waals surface area contributed by atoms with Gasteiger partial charge in [0.1, 0.15) is 11.8 Å². The molecule has 0 aromatic heterocycles. The number of hydrogen-bond acceptors (Lipinski definition) is 4. The molecule has 0 aromatic rings. The molecule has 0 saturated heterocycles. The minimum absolute atomic E-state index is 0.0351. The van der Waals surface area contributed by atoms with E-state index in [4.69, 9.17) is 0 Å². The molecule has 0 saturated carbocycles. The van der Waals surface area contributed by atoms with E-state index in [-0.39, 0.29) is 24.0 Å². The van der Waals surface area contributed by atoms with Crippen molar-refractivity contribution in [2.24, 2.45) is 5.41 Å². The summed E-state index contributed by atoms with van der Waals surface area (Å²) in [6, 6.07) is -0.753. The highest BCUT2D eigenvalue weighted by atomic mass is 16.2. The fraction of sp³-hybridized carbons (Fsp3) is 0.800. The summed E-state index contributed by atoms with van der Waals surface area (Å²) in [6.07, 6.45) is 0.0351. The Kier molecular flexibility index (Phi) is 7.57. The number of hydrogen-bond donors (Lipinski definition) is 1. The molecule has 0 fully saturated rings. The first-order chi connectivity index (χ1) is 9.46. The molecule has 21 heavy (non-hydrogen) atoms. The Hall–Kier alpha value is -1.43. The molecular formula is C15H29N3O3. The summed E-state index contributed by atoms with van der Waals surface area (Å²) in [4.78, 5) is 39.2. The van der Waals surface area contributed by atoms with Crippen molar-refractivity contribution in [3.8, 4) is 0 Å². The molecule has 1 N–H and O–H groups in total. The average Bonchev–Trinajstić information content (AvgIpc) is 2.32. The summed E-state index contributed by atoms with van der Waals surface area (Å²) in [7, 11) is 5.37. The zero-order valence-electron chi connectivity index (χ0n) is 14.3. The SMILES string of the molecule is CC(=O)N(C)[C@@H](CC(=O)C(C)(C)C)C(=O)NCCN(C)C. The van der Waals surface area contributed by atoms with E-state index in [1.807, 2.05) is 39.8 Å². The van der Waals surface area contributed by atoms with Crippen LogP contribution >= 0.6 is 0 Å². The van der Waals surface area contributed by atoms with E-state index in [1.165, 1.54) is 11.8 Å². The third-order valence-corrected chi connectivity index (χ3v) is 3.34. The number of amides is 2. The number of nitrogens with one attached hydrogen (secondary N) is 1. The first kappa shape index (κ1) is 19.6. The van der Waals surface area contributed by atoms with Crippen molar-refractivity contribution in [2.75, 3.05) is 34.2 Å². The molecule has 2 amide bonds. The molecule has 0 aliphatic rings. The van der Waals surface area contributed by atoms with Crippen molar-refractivity contribution < 1.29 is 14.4 Å². The molecule has 0 heterocycles. The molecule has 6 heteroatoms. The van der Waals surface area contributed by atoms with Crippen molar-refractivity contribution in [3.63, 3.8) is 0 Å². The van der Waals surface area contributed by atoms with E-state index in [0.29, 0.717) is 13.1 Å². The van der Waals surface area contributed by atoms with Crippen LogP contribution in [0.15, 0.2) is 0 Å². The van der Waals surface area contributed by atoms with Gasteiger partial charge in [0.05, 0.1) is 0 Å². The normalized spacial score (nSPS) is 13.0. The lowest BCUT2D eigenvalue weighted by Gasteiger charge is -2.28. The van der Waals surface area contributed by atoms with Crippen molar-refractivity contribution in [1.29, 1.82) is 0 Å². The summed E-state index contributed by atoms with van der Waals surface area (Å²) >= 11 is 0. The summed E-state index contributed by atoms with van der Waals surface area (Å²) in [6.45, 7) is 8.01. The molecule has 122 valence electrons. The van der Waals surface area contributed by atoms with Gasteiger partial charge in [0, 0.05) is 38.9 Å². The van der Waals surface area contributed by atoms with Crippen LogP contribution in [-0.2, 0) is 14.4 Å². The Morgan fingerprint density at radius 2 is 1.62 bits per heavy atom. The van der Waals surface area contributed by atoms with Gasteiger partial charge in [-0.3, -0.25) is 14.4 Å². The van der Waals surface area contributed by atoms with E-state index in [9.17, 15) is 14.4 Å². The monoisotopic (exact) mass is 299 g/mol. The standard InChI is InChI=1S/C15H29N3O3/c1-11(19)18(7)12(10-13(20)15(2,3)4)14(21)16-8-9-17(5)6/h12H,8-10H2,1-7H3,(H,16,21)/t12-/m0/s1. The van der Waals surface area contributed by atoms with Gasteiger partial charge in [0.15, 0.2) is 0 Å². The summed E-state index contributed by atoms with van der Waals surface area (Å²) in [5, 5.41) is 2.78. The quantitative estimate of drug-likeness (QED) is 0.744. The smallest absolute Gasteiger partial charge is 0.243 e. The summed E-state index contributed by atoms with van der Waals surface area (Å²) in [5.41, 5.74) is -0.528. The van der Waals surface area contributed by atoms with Gasteiger partial charge in [0.25, 0.3) is 0 Å². The molecule has 0 unspecified atom stereocenters. The number of carbonyl (C=O) groups excluding carboxylic acids is 3. The van der Waals surface area contributed by atoms with Gasteiger partial charge in [0.2, 0.25) is 11.8 Å². The van der Waals surface area contributed by atoms with Gasteiger partial charge in [-0.2, -0.15) is 0 Å². The molecule has 6 nitrogen and oxygen atoms in total. The molecular weight excluding hydrogens is 270 g/mol. The van der Waals surface area contributed by atoms with Gasteiger partial charge in [-0.25, -0.2) is 0 Å². The van der Waals surface area contributed by atoms with E-state index in [0.717, 1.165) is 0 Å². The second-order valence-corrected chi connectivity index (χ2v) is 6.62. The average molecular weight is 299 g/mol. The molecule has 0 radical (unpaired) electrons. The first-order valence-electron chi connectivity index (χ1n) is 7.16. The van der Waals surface area contributed by atoms with Crippen molar-refractivity contribution in [1.82, 2.24) is 15.1 Å². The fourth-order valence-corrected chi connectivity index (χ4v) is 1.63. The number of carbonyl (C=O) groups is 3. The maximum absolute atomic E-state index is 12.3. The zero-order valence-corrected chi connectivity index (χ0v) is 14.3.